The lowest BCUT2D eigenvalue weighted by Crippen LogP contribution is -2.51. The van der Waals surface area contributed by atoms with Crippen LogP contribution in [0, 0.1) is 5.92 Å². The lowest BCUT2D eigenvalue weighted by atomic mass is 9.98. The van der Waals surface area contributed by atoms with Gasteiger partial charge in [0.1, 0.15) is 0 Å². The van der Waals surface area contributed by atoms with E-state index in [0.29, 0.717) is 12.5 Å². The van der Waals surface area contributed by atoms with E-state index in [0.717, 1.165) is 19.5 Å². The van der Waals surface area contributed by atoms with Gasteiger partial charge in [-0.25, -0.2) is 0 Å². The first-order valence-electron chi connectivity index (χ1n) is 7.29. The van der Waals surface area contributed by atoms with Crippen LogP contribution in [-0.2, 0) is 4.79 Å². The fourth-order valence-corrected chi connectivity index (χ4v) is 2.61. The van der Waals surface area contributed by atoms with Gasteiger partial charge >= 0.3 is 0 Å². The average molecular weight is 328 g/mol. The predicted molar refractivity (Wildman–Crippen MR) is 89.8 cm³/mol. The molecule has 1 amide bonds. The van der Waals surface area contributed by atoms with Crippen LogP contribution in [-0.4, -0.2) is 42.5 Å². The highest BCUT2D eigenvalue weighted by molar-refractivity contribution is 5.85. The van der Waals surface area contributed by atoms with Crippen molar-refractivity contribution >= 4 is 30.7 Å². The normalized spacial score (nSPS) is 18.6. The fourth-order valence-electron chi connectivity index (χ4n) is 2.61. The molecule has 0 radical (unpaired) electrons. The quantitative estimate of drug-likeness (QED) is 0.786. The van der Waals surface area contributed by atoms with Crippen molar-refractivity contribution in [3.8, 4) is 0 Å². The standard InChI is InChI=1S/C14H29N3O.2ClH/c1-11(2)13(17-9-5-4-6-10-17)14(18)16-8-7-12(3)15;;/h11-13H,4-10,15H2,1-3H3,(H,16,18);2*1H. The Hall–Kier alpha value is -0.0300. The topological polar surface area (TPSA) is 58.4 Å². The van der Waals surface area contributed by atoms with Gasteiger partial charge in [0.25, 0.3) is 0 Å². The van der Waals surface area contributed by atoms with Crippen LogP contribution in [0.25, 0.3) is 0 Å². The van der Waals surface area contributed by atoms with Crippen LogP contribution in [0.15, 0.2) is 0 Å². The van der Waals surface area contributed by atoms with Crippen molar-refractivity contribution < 1.29 is 4.79 Å². The maximum absolute atomic E-state index is 12.3. The van der Waals surface area contributed by atoms with Crippen molar-refractivity contribution in [2.45, 2.75) is 58.5 Å². The molecule has 20 heavy (non-hydrogen) atoms. The van der Waals surface area contributed by atoms with Crippen molar-refractivity contribution in [1.82, 2.24) is 10.2 Å². The van der Waals surface area contributed by atoms with E-state index in [4.69, 9.17) is 5.73 Å². The van der Waals surface area contributed by atoms with Gasteiger partial charge in [0.15, 0.2) is 0 Å². The third-order valence-electron chi connectivity index (χ3n) is 3.58. The number of nitrogens with one attached hydrogen (secondary N) is 1. The molecule has 0 saturated carbocycles. The third kappa shape index (κ3) is 7.67. The second kappa shape index (κ2) is 11.6. The number of rotatable bonds is 6. The summed E-state index contributed by atoms with van der Waals surface area (Å²) in [5.41, 5.74) is 5.70. The zero-order chi connectivity index (χ0) is 13.5. The molecule has 6 heteroatoms. The van der Waals surface area contributed by atoms with E-state index >= 15 is 0 Å². The number of hydrogen-bond acceptors (Lipinski definition) is 3. The Morgan fingerprint density at radius 2 is 1.70 bits per heavy atom. The lowest BCUT2D eigenvalue weighted by Gasteiger charge is -2.35. The number of nitrogens with zero attached hydrogens (tertiary/aromatic N) is 1. The zero-order valence-corrected chi connectivity index (χ0v) is 14.6. The van der Waals surface area contributed by atoms with Crippen molar-refractivity contribution in [2.24, 2.45) is 11.7 Å². The Kier molecular flexibility index (Phi) is 12.9. The van der Waals surface area contributed by atoms with Gasteiger partial charge in [-0.2, -0.15) is 0 Å². The molecule has 0 spiro atoms. The second-order valence-corrected chi connectivity index (χ2v) is 5.84. The number of halogens is 2. The number of likely N-dealkylation sites (tertiary alicyclic amines) is 1. The summed E-state index contributed by atoms with van der Waals surface area (Å²) < 4.78 is 0. The molecule has 1 rings (SSSR count). The first-order valence-corrected chi connectivity index (χ1v) is 7.29. The highest BCUT2D eigenvalue weighted by Gasteiger charge is 2.29. The smallest absolute Gasteiger partial charge is 0.237 e. The first-order chi connectivity index (χ1) is 8.52. The van der Waals surface area contributed by atoms with E-state index in [2.05, 4.69) is 24.1 Å². The molecular formula is C14H31Cl2N3O. The van der Waals surface area contributed by atoms with Gasteiger partial charge in [-0.1, -0.05) is 20.3 Å². The number of nitrogens with two attached hydrogens (primary N) is 1. The molecule has 0 aromatic carbocycles. The Bertz CT molecular complexity index is 257. The molecule has 2 atom stereocenters. The Morgan fingerprint density at radius 3 is 2.15 bits per heavy atom. The maximum Gasteiger partial charge on any atom is 0.237 e. The molecule has 1 fully saturated rings. The molecule has 2 unspecified atom stereocenters. The average Bonchev–Trinajstić information content (AvgIpc) is 2.29. The molecule has 1 aliphatic rings. The molecule has 1 aliphatic heterocycles. The summed E-state index contributed by atoms with van der Waals surface area (Å²) in [5, 5.41) is 3.03. The molecule has 0 bridgehead atoms. The highest BCUT2D eigenvalue weighted by Crippen LogP contribution is 2.17. The Balaban J connectivity index is 0. The van der Waals surface area contributed by atoms with Crippen molar-refractivity contribution in [3.05, 3.63) is 0 Å². The third-order valence-corrected chi connectivity index (χ3v) is 3.58. The minimum atomic E-state index is 0. The predicted octanol–water partition coefficient (Wildman–Crippen LogP) is 2.19. The molecule has 122 valence electrons. The van der Waals surface area contributed by atoms with Gasteiger partial charge in [-0.05, 0) is 45.2 Å². The lowest BCUT2D eigenvalue weighted by molar-refractivity contribution is -0.128. The van der Waals surface area contributed by atoms with E-state index in [-0.39, 0.29) is 42.8 Å². The molecular weight excluding hydrogens is 297 g/mol. The number of carbonyl (C=O) groups excluding carboxylic acids is 1. The number of amides is 1. The molecule has 4 nitrogen and oxygen atoms in total. The van der Waals surface area contributed by atoms with E-state index in [1.807, 2.05) is 6.92 Å². The van der Waals surface area contributed by atoms with Crippen LogP contribution in [0.4, 0.5) is 0 Å². The van der Waals surface area contributed by atoms with Gasteiger partial charge in [-0.3, -0.25) is 9.69 Å². The van der Waals surface area contributed by atoms with E-state index in [9.17, 15) is 4.79 Å². The number of piperidine rings is 1. The summed E-state index contributed by atoms with van der Waals surface area (Å²) in [4.78, 5) is 14.6. The molecule has 0 aromatic rings. The monoisotopic (exact) mass is 327 g/mol. The van der Waals surface area contributed by atoms with Crippen LogP contribution in [0.3, 0.4) is 0 Å². The summed E-state index contributed by atoms with van der Waals surface area (Å²) >= 11 is 0. The van der Waals surface area contributed by atoms with Crippen LogP contribution in [0.1, 0.15) is 46.5 Å². The molecule has 0 aliphatic carbocycles. The van der Waals surface area contributed by atoms with Gasteiger partial charge < -0.3 is 11.1 Å². The van der Waals surface area contributed by atoms with E-state index < -0.39 is 0 Å². The highest BCUT2D eigenvalue weighted by atomic mass is 35.5. The van der Waals surface area contributed by atoms with Crippen LogP contribution in [0.5, 0.6) is 0 Å². The fraction of sp³-hybridized carbons (Fsp3) is 0.929. The van der Waals surface area contributed by atoms with Crippen molar-refractivity contribution in [1.29, 1.82) is 0 Å². The van der Waals surface area contributed by atoms with E-state index in [1.54, 1.807) is 0 Å². The van der Waals surface area contributed by atoms with Crippen LogP contribution < -0.4 is 11.1 Å². The Morgan fingerprint density at radius 1 is 1.15 bits per heavy atom. The Labute approximate surface area is 136 Å². The minimum Gasteiger partial charge on any atom is -0.355 e. The number of carbonyl (C=O) groups is 1. The largest absolute Gasteiger partial charge is 0.355 e. The SMILES string of the molecule is CC(N)CCNC(=O)C(C(C)C)N1CCCCC1.Cl.Cl. The van der Waals surface area contributed by atoms with Gasteiger partial charge in [0.2, 0.25) is 5.91 Å². The van der Waals surface area contributed by atoms with Crippen LogP contribution >= 0.6 is 24.8 Å². The summed E-state index contributed by atoms with van der Waals surface area (Å²) in [6, 6.07) is 0.177. The molecule has 3 N–H and O–H groups in total. The van der Waals surface area contributed by atoms with Crippen molar-refractivity contribution in [3.63, 3.8) is 0 Å². The summed E-state index contributed by atoms with van der Waals surface area (Å²) in [7, 11) is 0. The van der Waals surface area contributed by atoms with Gasteiger partial charge in [0.05, 0.1) is 6.04 Å². The molecule has 1 heterocycles. The van der Waals surface area contributed by atoms with Crippen LogP contribution in [0.2, 0.25) is 0 Å². The maximum atomic E-state index is 12.3. The number of hydrogen-bond donors (Lipinski definition) is 2. The van der Waals surface area contributed by atoms with Gasteiger partial charge in [-0.15, -0.1) is 24.8 Å². The summed E-state index contributed by atoms with van der Waals surface area (Å²) in [6.07, 6.45) is 4.58. The first kappa shape index (κ1) is 22.3. The summed E-state index contributed by atoms with van der Waals surface area (Å²) in [5.74, 6) is 0.533. The molecule has 0 aromatic heterocycles. The second-order valence-electron chi connectivity index (χ2n) is 5.84. The summed E-state index contributed by atoms with van der Waals surface area (Å²) in [6.45, 7) is 9.03. The minimum absolute atomic E-state index is 0. The molecule has 1 saturated heterocycles. The van der Waals surface area contributed by atoms with E-state index in [1.165, 1.54) is 19.3 Å². The zero-order valence-electron chi connectivity index (χ0n) is 12.9. The van der Waals surface area contributed by atoms with Gasteiger partial charge in [0, 0.05) is 12.6 Å². The van der Waals surface area contributed by atoms with Crippen molar-refractivity contribution in [2.75, 3.05) is 19.6 Å².